The molecule has 1 aliphatic rings. The van der Waals surface area contributed by atoms with E-state index in [1.165, 1.54) is 30.3 Å². The molecular weight excluding hydrogens is 407 g/mol. The highest BCUT2D eigenvalue weighted by Crippen LogP contribution is 2.45. The molecule has 1 heterocycles. The highest BCUT2D eigenvalue weighted by molar-refractivity contribution is 6.31. The Kier molecular flexibility index (Phi) is 5.13. The van der Waals surface area contributed by atoms with Gasteiger partial charge in [-0.1, -0.05) is 35.9 Å². The first-order valence-electron chi connectivity index (χ1n) is 8.91. The number of hydrogen-bond donors (Lipinski definition) is 1. The van der Waals surface area contributed by atoms with Crippen molar-refractivity contribution in [3.05, 3.63) is 106 Å². The van der Waals surface area contributed by atoms with Crippen LogP contribution in [0.5, 0.6) is 11.5 Å². The maximum Gasteiger partial charge on any atom is 0.343 e. The fourth-order valence-corrected chi connectivity index (χ4v) is 3.52. The molecule has 1 atom stereocenters. The van der Waals surface area contributed by atoms with Crippen LogP contribution in [0, 0.1) is 17.1 Å². The minimum absolute atomic E-state index is 0.0445. The number of carbonyl (C=O) groups is 1. The number of nitriles is 1. The van der Waals surface area contributed by atoms with E-state index in [-0.39, 0.29) is 22.8 Å². The normalized spacial score (nSPS) is 15.0. The molecule has 3 aromatic carbocycles. The van der Waals surface area contributed by atoms with Gasteiger partial charge < -0.3 is 15.2 Å². The second kappa shape index (κ2) is 7.90. The maximum atomic E-state index is 13.1. The number of carbonyl (C=O) groups excluding carboxylic acids is 1. The first-order chi connectivity index (χ1) is 14.5. The van der Waals surface area contributed by atoms with Crippen molar-refractivity contribution in [2.75, 3.05) is 0 Å². The predicted octanol–water partition coefficient (Wildman–Crippen LogP) is 4.92. The lowest BCUT2D eigenvalue weighted by Crippen LogP contribution is -2.21. The molecule has 4 rings (SSSR count). The van der Waals surface area contributed by atoms with Gasteiger partial charge in [-0.2, -0.15) is 5.26 Å². The molecule has 0 radical (unpaired) electrons. The Morgan fingerprint density at radius 2 is 1.83 bits per heavy atom. The molecule has 5 nitrogen and oxygen atoms in total. The maximum absolute atomic E-state index is 13.1. The zero-order valence-electron chi connectivity index (χ0n) is 15.4. The number of ether oxygens (including phenoxy) is 2. The smallest absolute Gasteiger partial charge is 0.343 e. The molecule has 0 aromatic heterocycles. The van der Waals surface area contributed by atoms with Crippen LogP contribution in [-0.2, 0) is 0 Å². The Morgan fingerprint density at radius 3 is 2.53 bits per heavy atom. The molecule has 3 aromatic rings. The largest absolute Gasteiger partial charge is 0.440 e. The van der Waals surface area contributed by atoms with Crippen LogP contribution in [0.1, 0.15) is 27.4 Å². The molecule has 0 saturated carbocycles. The van der Waals surface area contributed by atoms with Gasteiger partial charge in [-0.3, -0.25) is 0 Å². The summed E-state index contributed by atoms with van der Waals surface area (Å²) in [6.07, 6.45) is 0. The lowest BCUT2D eigenvalue weighted by Gasteiger charge is -2.27. The second-order valence-electron chi connectivity index (χ2n) is 6.54. The summed E-state index contributed by atoms with van der Waals surface area (Å²) in [5.74, 6) is -1.09. The van der Waals surface area contributed by atoms with E-state index in [1.807, 2.05) is 12.1 Å². The Hall–Kier alpha value is -3.82. The van der Waals surface area contributed by atoms with Crippen molar-refractivity contribution in [3.8, 4) is 17.6 Å². The number of benzene rings is 3. The molecule has 0 saturated heterocycles. The van der Waals surface area contributed by atoms with Crippen LogP contribution in [-0.4, -0.2) is 5.97 Å². The Morgan fingerprint density at radius 1 is 1.10 bits per heavy atom. The summed E-state index contributed by atoms with van der Waals surface area (Å²) in [7, 11) is 0. The highest BCUT2D eigenvalue weighted by Gasteiger charge is 2.32. The highest BCUT2D eigenvalue weighted by atomic mass is 35.5. The quantitative estimate of drug-likeness (QED) is 0.480. The van der Waals surface area contributed by atoms with Gasteiger partial charge in [-0.05, 0) is 42.0 Å². The van der Waals surface area contributed by atoms with E-state index in [0.29, 0.717) is 21.9 Å². The Bertz CT molecular complexity index is 1220. The molecule has 148 valence electrons. The zero-order chi connectivity index (χ0) is 21.3. The van der Waals surface area contributed by atoms with E-state index in [4.69, 9.17) is 26.8 Å². The molecular formula is C23H14ClFN2O3. The Labute approximate surface area is 176 Å². The molecule has 2 N–H and O–H groups in total. The molecule has 30 heavy (non-hydrogen) atoms. The van der Waals surface area contributed by atoms with Crippen molar-refractivity contribution in [2.24, 2.45) is 5.73 Å². The van der Waals surface area contributed by atoms with Crippen LogP contribution >= 0.6 is 11.6 Å². The zero-order valence-corrected chi connectivity index (χ0v) is 16.2. The van der Waals surface area contributed by atoms with Crippen LogP contribution in [0.2, 0.25) is 5.02 Å². The van der Waals surface area contributed by atoms with Crippen LogP contribution in [0.25, 0.3) is 0 Å². The average Bonchev–Trinajstić information content (AvgIpc) is 2.73. The molecule has 1 unspecified atom stereocenters. The third kappa shape index (κ3) is 3.59. The van der Waals surface area contributed by atoms with Gasteiger partial charge in [0.15, 0.2) is 0 Å². The van der Waals surface area contributed by atoms with E-state index in [1.54, 1.807) is 24.3 Å². The SMILES string of the molecule is N#CC1=C(N)Oc2cc(OC(=O)c3ccc(F)cc3)ccc2C1c1ccccc1Cl. The standard InChI is InChI=1S/C23H14ClFN2O3/c24-19-4-2-1-3-16(19)21-17-10-9-15(11-20(17)30-22(27)18(21)12-26)29-23(28)13-5-7-14(25)8-6-13/h1-11,21H,27H2. The van der Waals surface area contributed by atoms with Gasteiger partial charge in [0, 0.05) is 16.7 Å². The molecule has 1 aliphatic heterocycles. The monoisotopic (exact) mass is 420 g/mol. The minimum Gasteiger partial charge on any atom is -0.440 e. The summed E-state index contributed by atoms with van der Waals surface area (Å²) in [6.45, 7) is 0. The summed E-state index contributed by atoms with van der Waals surface area (Å²) in [6, 6.07) is 19.1. The molecule has 0 amide bonds. The molecule has 0 bridgehead atoms. The lowest BCUT2D eigenvalue weighted by molar-refractivity contribution is 0.0734. The van der Waals surface area contributed by atoms with E-state index in [0.717, 1.165) is 0 Å². The van der Waals surface area contributed by atoms with E-state index < -0.39 is 17.7 Å². The number of allylic oxidation sites excluding steroid dienone is 1. The van der Waals surface area contributed by atoms with Gasteiger partial charge in [0.2, 0.25) is 5.88 Å². The summed E-state index contributed by atoms with van der Waals surface area (Å²) < 4.78 is 24.0. The predicted molar refractivity (Wildman–Crippen MR) is 109 cm³/mol. The molecule has 7 heteroatoms. The second-order valence-corrected chi connectivity index (χ2v) is 6.95. The van der Waals surface area contributed by atoms with Crippen LogP contribution < -0.4 is 15.2 Å². The van der Waals surface area contributed by atoms with Crippen molar-refractivity contribution in [1.82, 2.24) is 0 Å². The number of halogens is 2. The summed E-state index contributed by atoms with van der Waals surface area (Å²) >= 11 is 6.36. The lowest BCUT2D eigenvalue weighted by atomic mass is 9.83. The van der Waals surface area contributed by atoms with Crippen molar-refractivity contribution in [2.45, 2.75) is 5.92 Å². The number of nitrogens with two attached hydrogens (primary N) is 1. The van der Waals surface area contributed by atoms with Gasteiger partial charge in [0.05, 0.1) is 11.5 Å². The van der Waals surface area contributed by atoms with Crippen LogP contribution in [0.15, 0.2) is 78.2 Å². The van der Waals surface area contributed by atoms with Gasteiger partial charge in [0.1, 0.15) is 29.0 Å². The van der Waals surface area contributed by atoms with Crippen molar-refractivity contribution in [3.63, 3.8) is 0 Å². The molecule has 0 aliphatic carbocycles. The van der Waals surface area contributed by atoms with Gasteiger partial charge in [-0.15, -0.1) is 0 Å². The third-order valence-corrected chi connectivity index (χ3v) is 5.04. The molecule has 0 fully saturated rings. The molecule has 0 spiro atoms. The fraction of sp³-hybridized carbons (Fsp3) is 0.0435. The summed E-state index contributed by atoms with van der Waals surface area (Å²) in [5, 5.41) is 10.1. The summed E-state index contributed by atoms with van der Waals surface area (Å²) in [5.41, 5.74) is 7.80. The first-order valence-corrected chi connectivity index (χ1v) is 9.29. The average molecular weight is 421 g/mol. The fourth-order valence-electron chi connectivity index (χ4n) is 3.28. The Balaban J connectivity index is 1.70. The topological polar surface area (TPSA) is 85.3 Å². The van der Waals surface area contributed by atoms with Gasteiger partial charge in [0.25, 0.3) is 0 Å². The number of esters is 1. The van der Waals surface area contributed by atoms with Crippen molar-refractivity contribution in [1.29, 1.82) is 5.26 Å². The number of rotatable bonds is 3. The summed E-state index contributed by atoms with van der Waals surface area (Å²) in [4.78, 5) is 12.3. The van der Waals surface area contributed by atoms with Crippen LogP contribution in [0.3, 0.4) is 0 Å². The van der Waals surface area contributed by atoms with Gasteiger partial charge >= 0.3 is 5.97 Å². The van der Waals surface area contributed by atoms with Crippen molar-refractivity contribution >= 4 is 17.6 Å². The van der Waals surface area contributed by atoms with E-state index in [2.05, 4.69) is 6.07 Å². The number of hydrogen-bond acceptors (Lipinski definition) is 5. The first kappa shape index (κ1) is 19.5. The van der Waals surface area contributed by atoms with E-state index >= 15 is 0 Å². The van der Waals surface area contributed by atoms with Gasteiger partial charge in [-0.25, -0.2) is 9.18 Å². The van der Waals surface area contributed by atoms with Crippen LogP contribution in [0.4, 0.5) is 4.39 Å². The number of nitrogens with zero attached hydrogens (tertiary/aromatic N) is 1. The number of fused-ring (bicyclic) bond motifs is 1. The van der Waals surface area contributed by atoms with Crippen molar-refractivity contribution < 1.29 is 18.7 Å². The van der Waals surface area contributed by atoms with E-state index in [9.17, 15) is 14.4 Å². The minimum atomic E-state index is -0.644. The third-order valence-electron chi connectivity index (χ3n) is 4.70.